The molecular weight excluding hydrogens is 216 g/mol. The highest BCUT2D eigenvalue weighted by molar-refractivity contribution is 5.76. The van der Waals surface area contributed by atoms with Gasteiger partial charge in [-0.3, -0.25) is 4.79 Å². The summed E-state index contributed by atoms with van der Waals surface area (Å²) < 4.78 is 5.45. The number of rotatable bonds is 6. The Balaban J connectivity index is 1.56. The zero-order chi connectivity index (χ0) is 11.9. The van der Waals surface area contributed by atoms with Crippen LogP contribution in [0.1, 0.15) is 6.42 Å². The summed E-state index contributed by atoms with van der Waals surface area (Å²) >= 11 is 0. The summed E-state index contributed by atoms with van der Waals surface area (Å²) in [7, 11) is 0. The van der Waals surface area contributed by atoms with Crippen LogP contribution >= 0.6 is 0 Å². The summed E-state index contributed by atoms with van der Waals surface area (Å²) in [6.45, 7) is 3.23. The van der Waals surface area contributed by atoms with Crippen LogP contribution in [0.2, 0.25) is 0 Å². The van der Waals surface area contributed by atoms with Gasteiger partial charge in [0.1, 0.15) is 5.75 Å². The molecule has 1 aromatic carbocycles. The molecule has 0 aliphatic carbocycles. The molecule has 4 nitrogen and oxygen atoms in total. The number of nitrogens with one attached hydrogen (secondary N) is 2. The van der Waals surface area contributed by atoms with E-state index >= 15 is 0 Å². The molecule has 0 saturated carbocycles. The molecule has 1 fully saturated rings. The van der Waals surface area contributed by atoms with Crippen LogP contribution in [-0.2, 0) is 4.79 Å². The summed E-state index contributed by atoms with van der Waals surface area (Å²) in [5.74, 6) is 1.48. The Morgan fingerprint density at radius 1 is 1.35 bits per heavy atom. The third kappa shape index (κ3) is 4.07. The van der Waals surface area contributed by atoms with Crippen molar-refractivity contribution >= 4 is 5.91 Å². The van der Waals surface area contributed by atoms with Gasteiger partial charge in [-0.1, -0.05) is 18.2 Å². The van der Waals surface area contributed by atoms with Gasteiger partial charge >= 0.3 is 0 Å². The topological polar surface area (TPSA) is 50.4 Å². The zero-order valence-corrected chi connectivity index (χ0v) is 9.82. The maximum Gasteiger partial charge on any atom is 0.223 e. The van der Waals surface area contributed by atoms with Gasteiger partial charge in [-0.2, -0.15) is 0 Å². The van der Waals surface area contributed by atoms with Gasteiger partial charge in [0.2, 0.25) is 5.91 Å². The van der Waals surface area contributed by atoms with Crippen molar-refractivity contribution < 1.29 is 9.53 Å². The molecule has 1 aliphatic rings. The van der Waals surface area contributed by atoms with Gasteiger partial charge in [-0.05, 0) is 12.1 Å². The lowest BCUT2D eigenvalue weighted by Gasteiger charge is -2.27. The fourth-order valence-electron chi connectivity index (χ4n) is 1.62. The first-order chi connectivity index (χ1) is 8.34. The number of carbonyl (C=O) groups is 1. The van der Waals surface area contributed by atoms with Crippen LogP contribution in [0.5, 0.6) is 5.75 Å². The van der Waals surface area contributed by atoms with Crippen molar-refractivity contribution in [2.75, 3.05) is 26.2 Å². The molecule has 0 atom stereocenters. The second-order valence-electron chi connectivity index (χ2n) is 4.24. The highest BCUT2D eigenvalue weighted by atomic mass is 16.5. The van der Waals surface area contributed by atoms with E-state index in [0.717, 1.165) is 25.4 Å². The number of benzene rings is 1. The fourth-order valence-corrected chi connectivity index (χ4v) is 1.62. The molecule has 4 heteroatoms. The molecule has 2 rings (SSSR count). The van der Waals surface area contributed by atoms with Gasteiger partial charge in [0, 0.05) is 25.6 Å². The summed E-state index contributed by atoms with van der Waals surface area (Å²) in [5.41, 5.74) is 0. The van der Waals surface area contributed by atoms with E-state index < -0.39 is 0 Å². The number of hydrogen-bond acceptors (Lipinski definition) is 3. The molecule has 1 aliphatic heterocycles. The Labute approximate surface area is 101 Å². The number of amides is 1. The minimum atomic E-state index is 0.0628. The molecule has 0 radical (unpaired) electrons. The number of hydrogen-bond donors (Lipinski definition) is 2. The number of para-hydroxylation sites is 1. The molecule has 0 bridgehead atoms. The van der Waals surface area contributed by atoms with Crippen LogP contribution in [0.4, 0.5) is 0 Å². The smallest absolute Gasteiger partial charge is 0.223 e. The van der Waals surface area contributed by atoms with Gasteiger partial charge in [-0.25, -0.2) is 0 Å². The van der Waals surface area contributed by atoms with E-state index in [1.165, 1.54) is 0 Å². The lowest BCUT2D eigenvalue weighted by Crippen LogP contribution is -2.48. The third-order valence-electron chi connectivity index (χ3n) is 2.79. The average molecular weight is 234 g/mol. The minimum absolute atomic E-state index is 0.0628. The van der Waals surface area contributed by atoms with Crippen LogP contribution in [0.25, 0.3) is 0 Å². The number of carbonyl (C=O) groups excluding carboxylic acids is 1. The van der Waals surface area contributed by atoms with E-state index in [0.29, 0.717) is 18.9 Å². The molecule has 92 valence electrons. The van der Waals surface area contributed by atoms with E-state index in [2.05, 4.69) is 10.6 Å². The van der Waals surface area contributed by atoms with Gasteiger partial charge in [0.15, 0.2) is 0 Å². The summed E-state index contributed by atoms with van der Waals surface area (Å²) in [4.78, 5) is 11.5. The maximum atomic E-state index is 11.5. The third-order valence-corrected chi connectivity index (χ3v) is 2.79. The minimum Gasteiger partial charge on any atom is -0.493 e. The van der Waals surface area contributed by atoms with E-state index in [1.807, 2.05) is 30.3 Å². The Hall–Kier alpha value is -1.55. The predicted molar refractivity (Wildman–Crippen MR) is 65.9 cm³/mol. The molecule has 1 saturated heterocycles. The van der Waals surface area contributed by atoms with Crippen LogP contribution in [0.15, 0.2) is 30.3 Å². The van der Waals surface area contributed by atoms with Crippen molar-refractivity contribution in [3.05, 3.63) is 30.3 Å². The average Bonchev–Trinajstić information content (AvgIpc) is 2.28. The Kier molecular flexibility index (Phi) is 4.38. The fraction of sp³-hybridized carbons (Fsp3) is 0.462. The van der Waals surface area contributed by atoms with Crippen molar-refractivity contribution in [3.63, 3.8) is 0 Å². The van der Waals surface area contributed by atoms with E-state index in [4.69, 9.17) is 4.74 Å². The molecule has 17 heavy (non-hydrogen) atoms. The van der Waals surface area contributed by atoms with Gasteiger partial charge in [0.05, 0.1) is 13.0 Å². The van der Waals surface area contributed by atoms with E-state index in [9.17, 15) is 4.79 Å². The lowest BCUT2D eigenvalue weighted by atomic mass is 10.0. The standard InChI is InChI=1S/C13H18N2O2/c16-13(15-10-11-8-14-9-11)6-7-17-12-4-2-1-3-5-12/h1-5,11,14H,6-10H2,(H,15,16). The SMILES string of the molecule is O=C(CCOc1ccccc1)NCC1CNC1. The maximum absolute atomic E-state index is 11.5. The number of ether oxygens (including phenoxy) is 1. The Morgan fingerprint density at radius 3 is 2.76 bits per heavy atom. The molecule has 2 N–H and O–H groups in total. The highest BCUT2D eigenvalue weighted by Crippen LogP contribution is 2.08. The van der Waals surface area contributed by atoms with Crippen molar-refractivity contribution in [2.45, 2.75) is 6.42 Å². The first-order valence-electron chi connectivity index (χ1n) is 6.00. The second kappa shape index (κ2) is 6.25. The van der Waals surface area contributed by atoms with Crippen molar-refractivity contribution in [1.82, 2.24) is 10.6 Å². The van der Waals surface area contributed by atoms with E-state index in [1.54, 1.807) is 0 Å². The largest absolute Gasteiger partial charge is 0.493 e. The quantitative estimate of drug-likeness (QED) is 0.765. The second-order valence-corrected chi connectivity index (χ2v) is 4.24. The normalized spacial score (nSPS) is 15.1. The molecule has 1 heterocycles. The van der Waals surface area contributed by atoms with Crippen LogP contribution < -0.4 is 15.4 Å². The summed E-state index contributed by atoms with van der Waals surface area (Å²) in [6.07, 6.45) is 0.412. The van der Waals surface area contributed by atoms with Crippen molar-refractivity contribution in [2.24, 2.45) is 5.92 Å². The van der Waals surface area contributed by atoms with Crippen molar-refractivity contribution in [1.29, 1.82) is 0 Å². The van der Waals surface area contributed by atoms with Gasteiger partial charge < -0.3 is 15.4 Å². The zero-order valence-electron chi connectivity index (χ0n) is 9.82. The molecule has 0 aromatic heterocycles. The molecule has 1 amide bonds. The first kappa shape index (κ1) is 11.9. The first-order valence-corrected chi connectivity index (χ1v) is 6.00. The van der Waals surface area contributed by atoms with Gasteiger partial charge in [-0.15, -0.1) is 0 Å². The monoisotopic (exact) mass is 234 g/mol. The predicted octanol–water partition coefficient (Wildman–Crippen LogP) is 0.791. The Bertz CT molecular complexity index is 350. The van der Waals surface area contributed by atoms with Crippen LogP contribution in [-0.4, -0.2) is 32.1 Å². The molecule has 1 aromatic rings. The van der Waals surface area contributed by atoms with Crippen LogP contribution in [0.3, 0.4) is 0 Å². The lowest BCUT2D eigenvalue weighted by molar-refractivity contribution is -0.121. The molecular formula is C13H18N2O2. The van der Waals surface area contributed by atoms with E-state index in [-0.39, 0.29) is 5.91 Å². The Morgan fingerprint density at radius 2 is 2.12 bits per heavy atom. The molecule has 0 spiro atoms. The van der Waals surface area contributed by atoms with Crippen molar-refractivity contribution in [3.8, 4) is 5.75 Å². The summed E-state index contributed by atoms with van der Waals surface area (Å²) in [6, 6.07) is 9.54. The van der Waals surface area contributed by atoms with Crippen LogP contribution in [0, 0.1) is 5.92 Å². The summed E-state index contributed by atoms with van der Waals surface area (Å²) in [5, 5.41) is 6.09. The van der Waals surface area contributed by atoms with Gasteiger partial charge in [0.25, 0.3) is 0 Å². The highest BCUT2D eigenvalue weighted by Gasteiger charge is 2.16. The molecule has 0 unspecified atom stereocenters.